The summed E-state index contributed by atoms with van der Waals surface area (Å²) < 4.78 is 0. The summed E-state index contributed by atoms with van der Waals surface area (Å²) in [6.45, 7) is 6.48. The van der Waals surface area contributed by atoms with Crippen molar-refractivity contribution in [2.45, 2.75) is 38.6 Å². The van der Waals surface area contributed by atoms with Crippen molar-refractivity contribution in [1.82, 2.24) is 19.9 Å². The standard InChI is InChI=1S/C18H22N4O2/c1-12(2)22-7-3-4-13(11-22)16-17(21-6-5-20-16)14-8-15(18(23)24)10-19-9-14/h5-6,8-10,12-13H,3-4,7,11H2,1-2H3,(H,23,24)/t13-/m1/s1. The molecule has 2 aromatic rings. The number of carbonyl (C=O) groups is 1. The van der Waals surface area contributed by atoms with E-state index in [9.17, 15) is 9.90 Å². The van der Waals surface area contributed by atoms with Crippen molar-refractivity contribution in [2.24, 2.45) is 0 Å². The van der Waals surface area contributed by atoms with E-state index >= 15 is 0 Å². The zero-order valence-corrected chi connectivity index (χ0v) is 14.0. The number of nitrogens with zero attached hydrogens (tertiary/aromatic N) is 4. The molecule has 1 saturated heterocycles. The van der Waals surface area contributed by atoms with E-state index in [1.165, 1.54) is 6.20 Å². The molecule has 0 bridgehead atoms. The zero-order chi connectivity index (χ0) is 17.1. The monoisotopic (exact) mass is 326 g/mol. The number of aromatic nitrogens is 3. The lowest BCUT2D eigenvalue weighted by Crippen LogP contribution is -2.39. The van der Waals surface area contributed by atoms with E-state index in [4.69, 9.17) is 0 Å². The van der Waals surface area contributed by atoms with E-state index in [0.29, 0.717) is 17.5 Å². The lowest BCUT2D eigenvalue weighted by atomic mass is 9.91. The molecular weight excluding hydrogens is 304 g/mol. The lowest BCUT2D eigenvalue weighted by molar-refractivity contribution is 0.0696. The van der Waals surface area contributed by atoms with Gasteiger partial charge in [0, 0.05) is 48.9 Å². The Morgan fingerprint density at radius 3 is 2.83 bits per heavy atom. The molecular formula is C18H22N4O2. The molecule has 0 aromatic carbocycles. The van der Waals surface area contributed by atoms with E-state index in [-0.39, 0.29) is 5.56 Å². The first kappa shape index (κ1) is 16.5. The van der Waals surface area contributed by atoms with Crippen molar-refractivity contribution in [3.05, 3.63) is 42.1 Å². The van der Waals surface area contributed by atoms with Crippen LogP contribution in [0.1, 0.15) is 48.7 Å². The Bertz CT molecular complexity index is 732. The maximum Gasteiger partial charge on any atom is 0.337 e. The Balaban J connectivity index is 1.96. The maximum absolute atomic E-state index is 11.2. The largest absolute Gasteiger partial charge is 0.478 e. The van der Waals surface area contributed by atoms with Crippen LogP contribution in [0.5, 0.6) is 0 Å². The first-order chi connectivity index (χ1) is 11.6. The van der Waals surface area contributed by atoms with Gasteiger partial charge < -0.3 is 10.0 Å². The summed E-state index contributed by atoms with van der Waals surface area (Å²) in [5, 5.41) is 9.19. The van der Waals surface area contributed by atoms with Gasteiger partial charge in [0.05, 0.1) is 17.0 Å². The first-order valence-electron chi connectivity index (χ1n) is 8.30. The van der Waals surface area contributed by atoms with Gasteiger partial charge in [0.1, 0.15) is 0 Å². The number of rotatable bonds is 4. The molecule has 24 heavy (non-hydrogen) atoms. The van der Waals surface area contributed by atoms with Gasteiger partial charge in [-0.2, -0.15) is 0 Å². The van der Waals surface area contributed by atoms with E-state index in [0.717, 1.165) is 37.3 Å². The highest BCUT2D eigenvalue weighted by Gasteiger charge is 2.26. The average Bonchev–Trinajstić information content (AvgIpc) is 2.62. The Morgan fingerprint density at radius 2 is 2.08 bits per heavy atom. The van der Waals surface area contributed by atoms with E-state index < -0.39 is 5.97 Å². The van der Waals surface area contributed by atoms with E-state index in [1.807, 2.05) is 0 Å². The first-order valence-corrected chi connectivity index (χ1v) is 8.30. The number of pyridine rings is 1. The smallest absolute Gasteiger partial charge is 0.337 e. The third-order valence-electron chi connectivity index (χ3n) is 4.55. The molecule has 0 saturated carbocycles. The quantitative estimate of drug-likeness (QED) is 0.930. The zero-order valence-electron chi connectivity index (χ0n) is 14.0. The van der Waals surface area contributed by atoms with Gasteiger partial charge in [-0.25, -0.2) is 4.79 Å². The highest BCUT2D eigenvalue weighted by molar-refractivity contribution is 5.88. The van der Waals surface area contributed by atoms with Gasteiger partial charge in [-0.3, -0.25) is 15.0 Å². The topological polar surface area (TPSA) is 79.2 Å². The third kappa shape index (κ3) is 3.43. The van der Waals surface area contributed by atoms with Crippen molar-refractivity contribution in [3.8, 4) is 11.3 Å². The molecule has 1 aliphatic heterocycles. The van der Waals surface area contributed by atoms with Gasteiger partial charge in [0.25, 0.3) is 0 Å². The molecule has 2 aromatic heterocycles. The normalized spacial score (nSPS) is 18.7. The van der Waals surface area contributed by atoms with Gasteiger partial charge in [0.2, 0.25) is 0 Å². The molecule has 1 N–H and O–H groups in total. The van der Waals surface area contributed by atoms with Crippen molar-refractivity contribution < 1.29 is 9.90 Å². The van der Waals surface area contributed by atoms with E-state index in [2.05, 4.69) is 33.7 Å². The van der Waals surface area contributed by atoms with Gasteiger partial charge in [0.15, 0.2) is 0 Å². The Morgan fingerprint density at radius 1 is 1.29 bits per heavy atom. The predicted octanol–water partition coefficient (Wildman–Crippen LogP) is 2.82. The van der Waals surface area contributed by atoms with Gasteiger partial charge in [-0.05, 0) is 39.3 Å². The fourth-order valence-corrected chi connectivity index (χ4v) is 3.25. The Hall–Kier alpha value is -2.34. The lowest BCUT2D eigenvalue weighted by Gasteiger charge is -2.35. The van der Waals surface area contributed by atoms with Crippen LogP contribution in [0, 0.1) is 0 Å². The summed E-state index contributed by atoms with van der Waals surface area (Å²) in [7, 11) is 0. The molecule has 3 heterocycles. The summed E-state index contributed by atoms with van der Waals surface area (Å²) in [4.78, 5) is 26.8. The van der Waals surface area contributed by atoms with Crippen molar-refractivity contribution in [1.29, 1.82) is 0 Å². The molecule has 0 unspecified atom stereocenters. The molecule has 3 rings (SSSR count). The van der Waals surface area contributed by atoms with Crippen molar-refractivity contribution >= 4 is 5.97 Å². The van der Waals surface area contributed by atoms with Crippen LogP contribution in [-0.4, -0.2) is 50.1 Å². The summed E-state index contributed by atoms with van der Waals surface area (Å²) in [6.07, 6.45) is 8.57. The molecule has 1 fully saturated rings. The second-order valence-corrected chi connectivity index (χ2v) is 6.49. The van der Waals surface area contributed by atoms with Crippen LogP contribution in [0.3, 0.4) is 0 Å². The molecule has 0 spiro atoms. The van der Waals surface area contributed by atoms with Crippen LogP contribution in [0.15, 0.2) is 30.9 Å². The molecule has 126 valence electrons. The number of carboxylic acids is 1. The van der Waals surface area contributed by atoms with Crippen molar-refractivity contribution in [3.63, 3.8) is 0 Å². The molecule has 1 aliphatic rings. The van der Waals surface area contributed by atoms with Crippen LogP contribution >= 0.6 is 0 Å². The van der Waals surface area contributed by atoms with Gasteiger partial charge >= 0.3 is 5.97 Å². The van der Waals surface area contributed by atoms with Crippen molar-refractivity contribution in [2.75, 3.05) is 13.1 Å². The number of aromatic carboxylic acids is 1. The Labute approximate surface area is 141 Å². The molecule has 0 amide bonds. The molecule has 0 aliphatic carbocycles. The maximum atomic E-state index is 11.2. The summed E-state index contributed by atoms with van der Waals surface area (Å²) in [5.74, 6) is -0.684. The highest BCUT2D eigenvalue weighted by Crippen LogP contribution is 2.32. The van der Waals surface area contributed by atoms with Crippen LogP contribution in [0.4, 0.5) is 0 Å². The average molecular weight is 326 g/mol. The number of likely N-dealkylation sites (tertiary alicyclic amines) is 1. The number of piperidine rings is 1. The second-order valence-electron chi connectivity index (χ2n) is 6.49. The molecule has 6 heteroatoms. The van der Waals surface area contributed by atoms with Crippen LogP contribution < -0.4 is 0 Å². The highest BCUT2D eigenvalue weighted by atomic mass is 16.4. The Kier molecular flexibility index (Phi) is 4.85. The van der Waals surface area contributed by atoms with Crippen LogP contribution in [-0.2, 0) is 0 Å². The third-order valence-corrected chi connectivity index (χ3v) is 4.55. The predicted molar refractivity (Wildman–Crippen MR) is 90.9 cm³/mol. The van der Waals surface area contributed by atoms with Crippen LogP contribution in [0.2, 0.25) is 0 Å². The minimum absolute atomic E-state index is 0.163. The number of hydrogen-bond acceptors (Lipinski definition) is 5. The summed E-state index contributed by atoms with van der Waals surface area (Å²) in [6, 6.07) is 2.12. The SMILES string of the molecule is CC(C)N1CCC[C@@H](c2nccnc2-c2cncc(C(=O)O)c2)C1. The summed E-state index contributed by atoms with van der Waals surface area (Å²) in [5.41, 5.74) is 2.55. The molecule has 1 atom stereocenters. The molecule has 0 radical (unpaired) electrons. The summed E-state index contributed by atoms with van der Waals surface area (Å²) >= 11 is 0. The number of carboxylic acid groups (broad SMARTS) is 1. The van der Waals surface area contributed by atoms with Crippen LogP contribution in [0.25, 0.3) is 11.3 Å². The minimum atomic E-state index is -0.988. The fourth-order valence-electron chi connectivity index (χ4n) is 3.25. The van der Waals surface area contributed by atoms with E-state index in [1.54, 1.807) is 24.7 Å². The number of hydrogen-bond donors (Lipinski definition) is 1. The molecule has 6 nitrogen and oxygen atoms in total. The second kappa shape index (κ2) is 7.05. The van der Waals surface area contributed by atoms with Gasteiger partial charge in [-0.1, -0.05) is 0 Å². The van der Waals surface area contributed by atoms with Gasteiger partial charge in [-0.15, -0.1) is 0 Å². The minimum Gasteiger partial charge on any atom is -0.478 e. The fraction of sp³-hybridized carbons (Fsp3) is 0.444.